The SMILES string of the molecule is COc1ccc2[nH]c(C(=O)N3CCC4(CC3)CC(=O)Nc3ccc(Br)cc34)cc2c1. The first-order valence-electron chi connectivity index (χ1n) is 10.0. The first-order chi connectivity index (χ1) is 14.5. The van der Waals surface area contributed by atoms with Gasteiger partial charge < -0.3 is 19.9 Å². The summed E-state index contributed by atoms with van der Waals surface area (Å²) >= 11 is 3.56. The minimum atomic E-state index is -0.216. The molecule has 2 aliphatic heterocycles. The summed E-state index contributed by atoms with van der Waals surface area (Å²) in [6, 6.07) is 13.6. The summed E-state index contributed by atoms with van der Waals surface area (Å²) in [5, 5.41) is 3.94. The van der Waals surface area contributed by atoms with Crippen molar-refractivity contribution in [3.8, 4) is 5.75 Å². The van der Waals surface area contributed by atoms with Crippen molar-refractivity contribution < 1.29 is 14.3 Å². The van der Waals surface area contributed by atoms with Crippen LogP contribution in [0.15, 0.2) is 46.9 Å². The molecule has 1 spiro atoms. The number of ether oxygens (including phenoxy) is 1. The second-order valence-electron chi connectivity index (χ2n) is 8.12. The number of hydrogen-bond acceptors (Lipinski definition) is 3. The smallest absolute Gasteiger partial charge is 0.270 e. The number of aromatic amines is 1. The third-order valence-electron chi connectivity index (χ3n) is 6.39. The van der Waals surface area contributed by atoms with Crippen LogP contribution in [-0.2, 0) is 10.2 Å². The largest absolute Gasteiger partial charge is 0.497 e. The quantitative estimate of drug-likeness (QED) is 0.584. The van der Waals surface area contributed by atoms with E-state index in [-0.39, 0.29) is 17.2 Å². The summed E-state index contributed by atoms with van der Waals surface area (Å²) < 4.78 is 6.28. The Bertz CT molecular complexity index is 1160. The van der Waals surface area contributed by atoms with Gasteiger partial charge in [-0.2, -0.15) is 0 Å². The summed E-state index contributed by atoms with van der Waals surface area (Å²) in [6.45, 7) is 1.24. The maximum absolute atomic E-state index is 13.1. The lowest BCUT2D eigenvalue weighted by atomic mass is 9.68. The van der Waals surface area contributed by atoms with Gasteiger partial charge in [0.15, 0.2) is 0 Å². The predicted octanol–water partition coefficient (Wildman–Crippen LogP) is 4.46. The molecule has 1 fully saturated rings. The number of anilines is 1. The number of aromatic nitrogens is 1. The molecule has 0 radical (unpaired) electrons. The van der Waals surface area contributed by atoms with Crippen molar-refractivity contribution >= 4 is 44.3 Å². The molecule has 0 saturated carbocycles. The van der Waals surface area contributed by atoms with Crippen molar-refractivity contribution in [2.75, 3.05) is 25.5 Å². The van der Waals surface area contributed by atoms with Crippen LogP contribution in [0.2, 0.25) is 0 Å². The Labute approximate surface area is 182 Å². The Morgan fingerprint density at radius 1 is 1.13 bits per heavy atom. The number of rotatable bonds is 2. The first-order valence-corrected chi connectivity index (χ1v) is 10.8. The zero-order valence-electron chi connectivity index (χ0n) is 16.6. The number of fused-ring (bicyclic) bond motifs is 3. The molecule has 2 amide bonds. The summed E-state index contributed by atoms with van der Waals surface area (Å²) in [7, 11) is 1.63. The number of likely N-dealkylation sites (tertiary alicyclic amines) is 1. The maximum atomic E-state index is 13.1. The Balaban J connectivity index is 1.38. The van der Waals surface area contributed by atoms with Crippen molar-refractivity contribution in [2.45, 2.75) is 24.7 Å². The van der Waals surface area contributed by atoms with Crippen LogP contribution < -0.4 is 10.1 Å². The van der Waals surface area contributed by atoms with Crippen LogP contribution in [0.3, 0.4) is 0 Å². The summed E-state index contributed by atoms with van der Waals surface area (Å²) in [5.41, 5.74) is 3.33. The zero-order chi connectivity index (χ0) is 20.9. The molecule has 2 aliphatic rings. The molecule has 6 nitrogen and oxygen atoms in total. The van der Waals surface area contributed by atoms with Crippen molar-refractivity contribution in [2.24, 2.45) is 0 Å². The first kappa shape index (κ1) is 19.2. The zero-order valence-corrected chi connectivity index (χ0v) is 18.2. The highest BCUT2D eigenvalue weighted by molar-refractivity contribution is 9.10. The second-order valence-corrected chi connectivity index (χ2v) is 9.04. The van der Waals surface area contributed by atoms with Crippen LogP contribution in [0.4, 0.5) is 5.69 Å². The highest BCUT2D eigenvalue weighted by Crippen LogP contribution is 2.46. The topological polar surface area (TPSA) is 74.4 Å². The van der Waals surface area contributed by atoms with Gasteiger partial charge in [0, 0.05) is 46.0 Å². The summed E-state index contributed by atoms with van der Waals surface area (Å²) in [5.74, 6) is 0.810. The van der Waals surface area contributed by atoms with Crippen molar-refractivity contribution in [1.82, 2.24) is 9.88 Å². The van der Waals surface area contributed by atoms with Gasteiger partial charge in [0.25, 0.3) is 5.91 Å². The van der Waals surface area contributed by atoms with E-state index in [2.05, 4.69) is 32.3 Å². The molecule has 30 heavy (non-hydrogen) atoms. The number of amides is 2. The molecule has 2 N–H and O–H groups in total. The molecule has 154 valence electrons. The van der Waals surface area contributed by atoms with Crippen molar-refractivity contribution in [3.05, 3.63) is 58.2 Å². The van der Waals surface area contributed by atoms with E-state index in [1.807, 2.05) is 41.3 Å². The van der Waals surface area contributed by atoms with Gasteiger partial charge >= 0.3 is 0 Å². The molecule has 3 heterocycles. The highest BCUT2D eigenvalue weighted by Gasteiger charge is 2.43. The van der Waals surface area contributed by atoms with Gasteiger partial charge in [-0.05, 0) is 60.9 Å². The number of methoxy groups -OCH3 is 1. The predicted molar refractivity (Wildman–Crippen MR) is 119 cm³/mol. The Kier molecular flexibility index (Phi) is 4.58. The van der Waals surface area contributed by atoms with Gasteiger partial charge in [-0.1, -0.05) is 15.9 Å². The Morgan fingerprint density at radius 2 is 1.93 bits per heavy atom. The number of hydrogen-bond donors (Lipinski definition) is 2. The number of nitrogens with zero attached hydrogens (tertiary/aromatic N) is 1. The third-order valence-corrected chi connectivity index (χ3v) is 6.89. The molecule has 3 aromatic rings. The van der Waals surface area contributed by atoms with Crippen LogP contribution in [0.1, 0.15) is 35.3 Å². The molecule has 2 aromatic carbocycles. The lowest BCUT2D eigenvalue weighted by molar-refractivity contribution is -0.118. The number of nitrogens with one attached hydrogen (secondary N) is 2. The van der Waals surface area contributed by atoms with E-state index in [1.165, 1.54) is 5.56 Å². The van der Waals surface area contributed by atoms with Crippen LogP contribution in [0.25, 0.3) is 10.9 Å². The lowest BCUT2D eigenvalue weighted by Crippen LogP contribution is -2.48. The molecule has 7 heteroatoms. The van der Waals surface area contributed by atoms with Gasteiger partial charge in [0.05, 0.1) is 7.11 Å². The van der Waals surface area contributed by atoms with Crippen LogP contribution in [-0.4, -0.2) is 41.9 Å². The molecular formula is C23H22BrN3O3. The highest BCUT2D eigenvalue weighted by atomic mass is 79.9. The molecule has 1 saturated heterocycles. The molecule has 5 rings (SSSR count). The fourth-order valence-corrected chi connectivity index (χ4v) is 5.13. The summed E-state index contributed by atoms with van der Waals surface area (Å²) in [6.07, 6.45) is 2.00. The van der Waals surface area contributed by atoms with Crippen LogP contribution in [0.5, 0.6) is 5.75 Å². The van der Waals surface area contributed by atoms with Gasteiger partial charge in [-0.25, -0.2) is 0 Å². The molecule has 0 unspecified atom stereocenters. The van der Waals surface area contributed by atoms with E-state index in [9.17, 15) is 9.59 Å². The fourth-order valence-electron chi connectivity index (χ4n) is 4.77. The van der Waals surface area contributed by atoms with Crippen LogP contribution >= 0.6 is 15.9 Å². The van der Waals surface area contributed by atoms with E-state index >= 15 is 0 Å². The minimum Gasteiger partial charge on any atom is -0.497 e. The van der Waals surface area contributed by atoms with Crippen molar-refractivity contribution in [1.29, 1.82) is 0 Å². The number of halogens is 1. The van der Waals surface area contributed by atoms with Crippen LogP contribution in [0, 0.1) is 0 Å². The Morgan fingerprint density at radius 3 is 2.70 bits per heavy atom. The Hall–Kier alpha value is -2.80. The fraction of sp³-hybridized carbons (Fsp3) is 0.304. The number of carbonyl (C=O) groups excluding carboxylic acids is 2. The van der Waals surface area contributed by atoms with Gasteiger partial charge in [0.1, 0.15) is 11.4 Å². The number of piperidine rings is 1. The summed E-state index contributed by atoms with van der Waals surface area (Å²) in [4.78, 5) is 30.6. The lowest BCUT2D eigenvalue weighted by Gasteiger charge is -2.44. The standard InChI is InChI=1S/C23H22BrN3O3/c1-30-16-3-5-18-14(10-16)11-20(25-18)22(29)27-8-6-23(7-9-27)13-21(28)26-19-4-2-15(24)12-17(19)23/h2-5,10-12,25H,6-9,13H2,1H3,(H,26,28). The molecule has 0 bridgehead atoms. The van der Waals surface area contributed by atoms with E-state index in [0.717, 1.165) is 39.7 Å². The second kappa shape index (κ2) is 7.16. The van der Waals surface area contributed by atoms with Gasteiger partial charge in [0.2, 0.25) is 5.91 Å². The van der Waals surface area contributed by atoms with Gasteiger partial charge in [-0.3, -0.25) is 9.59 Å². The molecule has 1 aromatic heterocycles. The van der Waals surface area contributed by atoms with E-state index in [4.69, 9.17) is 4.74 Å². The minimum absolute atomic E-state index is 0.00487. The number of benzene rings is 2. The number of carbonyl (C=O) groups is 2. The normalized spacial score (nSPS) is 17.7. The molecule has 0 atom stereocenters. The average molecular weight is 468 g/mol. The molecular weight excluding hydrogens is 446 g/mol. The van der Waals surface area contributed by atoms with Gasteiger partial charge in [-0.15, -0.1) is 0 Å². The van der Waals surface area contributed by atoms with E-state index < -0.39 is 0 Å². The molecule has 0 aliphatic carbocycles. The van der Waals surface area contributed by atoms with E-state index in [1.54, 1.807) is 7.11 Å². The monoisotopic (exact) mass is 467 g/mol. The van der Waals surface area contributed by atoms with E-state index in [0.29, 0.717) is 25.2 Å². The third kappa shape index (κ3) is 3.17. The van der Waals surface area contributed by atoms with Crippen molar-refractivity contribution in [3.63, 3.8) is 0 Å². The average Bonchev–Trinajstić information content (AvgIpc) is 3.17. The maximum Gasteiger partial charge on any atom is 0.270 e. The number of H-pyrrole nitrogens is 1.